The molecule has 0 unspecified atom stereocenters. The Hall–Kier alpha value is -1.91. The van der Waals surface area contributed by atoms with Gasteiger partial charge in [0.2, 0.25) is 5.91 Å². The van der Waals surface area contributed by atoms with Crippen molar-refractivity contribution in [3.05, 3.63) is 18.2 Å². The Morgan fingerprint density at radius 3 is 2.32 bits per heavy atom. The molecule has 0 aliphatic carbocycles. The van der Waals surface area contributed by atoms with Crippen molar-refractivity contribution in [2.45, 2.75) is 19.8 Å². The summed E-state index contributed by atoms with van der Waals surface area (Å²) < 4.78 is 10.3. The molecular formula is C14H22N2O3. The molecule has 0 radical (unpaired) electrons. The number of benzene rings is 1. The van der Waals surface area contributed by atoms with Crippen molar-refractivity contribution < 1.29 is 14.3 Å². The van der Waals surface area contributed by atoms with E-state index in [-0.39, 0.29) is 12.5 Å². The maximum atomic E-state index is 11.6. The smallest absolute Gasteiger partial charge is 0.239 e. The van der Waals surface area contributed by atoms with E-state index in [0.29, 0.717) is 11.5 Å². The molecule has 0 saturated heterocycles. The average molecular weight is 266 g/mol. The zero-order valence-electron chi connectivity index (χ0n) is 11.8. The molecule has 0 spiro atoms. The van der Waals surface area contributed by atoms with Gasteiger partial charge in [-0.2, -0.15) is 0 Å². The molecule has 0 aliphatic rings. The van der Waals surface area contributed by atoms with Gasteiger partial charge in [0.25, 0.3) is 0 Å². The first-order valence-corrected chi connectivity index (χ1v) is 6.43. The van der Waals surface area contributed by atoms with E-state index in [0.717, 1.165) is 25.1 Å². The van der Waals surface area contributed by atoms with Gasteiger partial charge in [0, 0.05) is 30.4 Å². The zero-order chi connectivity index (χ0) is 14.1. The third kappa shape index (κ3) is 5.50. The predicted octanol–water partition coefficient (Wildman–Crippen LogP) is 2.03. The molecule has 2 N–H and O–H groups in total. The standard InChI is InChI=1S/C14H22N2O3/c1-4-5-6-15-14(17)10-16-11-7-12(18-2)9-13(8-11)19-3/h7-9,16H,4-6,10H2,1-3H3,(H,15,17). The Labute approximate surface area is 114 Å². The summed E-state index contributed by atoms with van der Waals surface area (Å²) in [6, 6.07) is 5.43. The predicted molar refractivity (Wildman–Crippen MR) is 76.0 cm³/mol. The summed E-state index contributed by atoms with van der Waals surface area (Å²) in [5, 5.41) is 5.90. The zero-order valence-corrected chi connectivity index (χ0v) is 11.8. The largest absolute Gasteiger partial charge is 0.497 e. The van der Waals surface area contributed by atoms with Gasteiger partial charge in [-0.05, 0) is 6.42 Å². The van der Waals surface area contributed by atoms with E-state index in [1.807, 2.05) is 12.1 Å². The first-order chi connectivity index (χ1) is 9.19. The molecule has 5 heteroatoms. The van der Waals surface area contributed by atoms with E-state index in [9.17, 15) is 4.79 Å². The van der Waals surface area contributed by atoms with Crippen LogP contribution in [0.5, 0.6) is 11.5 Å². The van der Waals surface area contributed by atoms with Crippen molar-refractivity contribution in [3.63, 3.8) is 0 Å². The molecule has 1 aromatic carbocycles. The lowest BCUT2D eigenvalue weighted by Gasteiger charge is -2.10. The fourth-order valence-corrected chi connectivity index (χ4v) is 1.56. The Bertz CT molecular complexity index is 385. The van der Waals surface area contributed by atoms with Crippen LogP contribution in [0.2, 0.25) is 0 Å². The molecule has 1 amide bonds. The number of hydrogen-bond donors (Lipinski definition) is 2. The van der Waals surface area contributed by atoms with Crippen LogP contribution in [0.3, 0.4) is 0 Å². The highest BCUT2D eigenvalue weighted by molar-refractivity contribution is 5.80. The molecular weight excluding hydrogens is 244 g/mol. The van der Waals surface area contributed by atoms with Crippen molar-refractivity contribution in [2.24, 2.45) is 0 Å². The van der Waals surface area contributed by atoms with E-state index in [1.165, 1.54) is 0 Å². The molecule has 0 atom stereocenters. The minimum atomic E-state index is -0.0183. The lowest BCUT2D eigenvalue weighted by atomic mass is 10.2. The number of anilines is 1. The van der Waals surface area contributed by atoms with E-state index < -0.39 is 0 Å². The highest BCUT2D eigenvalue weighted by Crippen LogP contribution is 2.25. The molecule has 0 heterocycles. The van der Waals surface area contributed by atoms with Gasteiger partial charge in [-0.1, -0.05) is 13.3 Å². The third-order valence-electron chi connectivity index (χ3n) is 2.66. The summed E-state index contributed by atoms with van der Waals surface area (Å²) in [5.74, 6) is 1.36. The number of carbonyl (C=O) groups is 1. The number of rotatable bonds is 8. The second kappa shape index (κ2) is 8.24. The van der Waals surface area contributed by atoms with Gasteiger partial charge in [0.05, 0.1) is 20.8 Å². The quantitative estimate of drug-likeness (QED) is 0.707. The maximum Gasteiger partial charge on any atom is 0.239 e. The number of hydrogen-bond acceptors (Lipinski definition) is 4. The van der Waals surface area contributed by atoms with Crippen molar-refractivity contribution in [1.29, 1.82) is 0 Å². The first kappa shape index (κ1) is 15.1. The summed E-state index contributed by atoms with van der Waals surface area (Å²) in [4.78, 5) is 11.6. The summed E-state index contributed by atoms with van der Waals surface area (Å²) >= 11 is 0. The first-order valence-electron chi connectivity index (χ1n) is 6.43. The molecule has 106 valence electrons. The monoisotopic (exact) mass is 266 g/mol. The lowest BCUT2D eigenvalue weighted by molar-refractivity contribution is -0.119. The van der Waals surface area contributed by atoms with Crippen LogP contribution in [0.25, 0.3) is 0 Å². The van der Waals surface area contributed by atoms with Gasteiger partial charge in [-0.25, -0.2) is 0 Å². The van der Waals surface area contributed by atoms with E-state index in [4.69, 9.17) is 9.47 Å². The number of nitrogens with one attached hydrogen (secondary N) is 2. The van der Waals surface area contributed by atoms with Crippen LogP contribution in [-0.4, -0.2) is 33.2 Å². The SMILES string of the molecule is CCCCNC(=O)CNc1cc(OC)cc(OC)c1. The number of carbonyl (C=O) groups excluding carboxylic acids is 1. The van der Waals surface area contributed by atoms with Crippen LogP contribution in [0.15, 0.2) is 18.2 Å². The van der Waals surface area contributed by atoms with Crippen molar-refractivity contribution >= 4 is 11.6 Å². The summed E-state index contributed by atoms with van der Waals surface area (Å²) in [6.45, 7) is 3.05. The number of amides is 1. The van der Waals surface area contributed by atoms with Crippen molar-refractivity contribution in [3.8, 4) is 11.5 Å². The molecule has 19 heavy (non-hydrogen) atoms. The molecule has 0 aliphatic heterocycles. The van der Waals surface area contributed by atoms with Crippen molar-refractivity contribution in [1.82, 2.24) is 5.32 Å². The highest BCUT2D eigenvalue weighted by Gasteiger charge is 2.04. The Balaban J connectivity index is 2.50. The number of methoxy groups -OCH3 is 2. The molecule has 5 nitrogen and oxygen atoms in total. The minimum absolute atomic E-state index is 0.0183. The number of ether oxygens (including phenoxy) is 2. The topological polar surface area (TPSA) is 59.6 Å². The van der Waals surface area contributed by atoms with Crippen LogP contribution in [0.1, 0.15) is 19.8 Å². The minimum Gasteiger partial charge on any atom is -0.497 e. The molecule has 0 aromatic heterocycles. The number of unbranched alkanes of at least 4 members (excludes halogenated alkanes) is 1. The normalized spacial score (nSPS) is 9.84. The van der Waals surface area contributed by atoms with Crippen LogP contribution < -0.4 is 20.1 Å². The van der Waals surface area contributed by atoms with Gasteiger partial charge in [0.15, 0.2) is 0 Å². The summed E-state index contributed by atoms with van der Waals surface area (Å²) in [6.07, 6.45) is 2.07. The Morgan fingerprint density at radius 2 is 1.79 bits per heavy atom. The van der Waals surface area contributed by atoms with E-state index >= 15 is 0 Å². The van der Waals surface area contributed by atoms with Crippen LogP contribution in [-0.2, 0) is 4.79 Å². The Morgan fingerprint density at radius 1 is 1.16 bits per heavy atom. The average Bonchev–Trinajstić information content (AvgIpc) is 2.45. The second-order valence-electron chi connectivity index (χ2n) is 4.16. The van der Waals surface area contributed by atoms with E-state index in [1.54, 1.807) is 20.3 Å². The second-order valence-corrected chi connectivity index (χ2v) is 4.16. The maximum absolute atomic E-state index is 11.6. The molecule has 1 aromatic rings. The van der Waals surface area contributed by atoms with Gasteiger partial charge >= 0.3 is 0 Å². The molecule has 0 saturated carbocycles. The van der Waals surface area contributed by atoms with Crippen LogP contribution in [0.4, 0.5) is 5.69 Å². The van der Waals surface area contributed by atoms with Gasteiger partial charge < -0.3 is 20.1 Å². The van der Waals surface area contributed by atoms with Crippen molar-refractivity contribution in [2.75, 3.05) is 32.6 Å². The van der Waals surface area contributed by atoms with Gasteiger partial charge in [-0.3, -0.25) is 4.79 Å². The van der Waals surface area contributed by atoms with Crippen LogP contribution >= 0.6 is 0 Å². The third-order valence-corrected chi connectivity index (χ3v) is 2.66. The van der Waals surface area contributed by atoms with Gasteiger partial charge in [0.1, 0.15) is 11.5 Å². The lowest BCUT2D eigenvalue weighted by Crippen LogP contribution is -2.30. The molecule has 0 bridgehead atoms. The fraction of sp³-hybridized carbons (Fsp3) is 0.500. The molecule has 0 fully saturated rings. The van der Waals surface area contributed by atoms with E-state index in [2.05, 4.69) is 17.6 Å². The summed E-state index contributed by atoms with van der Waals surface area (Å²) in [7, 11) is 3.19. The summed E-state index contributed by atoms with van der Waals surface area (Å²) in [5.41, 5.74) is 0.793. The fourth-order valence-electron chi connectivity index (χ4n) is 1.56. The van der Waals surface area contributed by atoms with Crippen LogP contribution in [0, 0.1) is 0 Å². The van der Waals surface area contributed by atoms with Gasteiger partial charge in [-0.15, -0.1) is 0 Å². The highest BCUT2D eigenvalue weighted by atomic mass is 16.5. The Kier molecular flexibility index (Phi) is 6.57. The molecule has 1 rings (SSSR count).